The molecule has 0 aliphatic heterocycles. The molecule has 0 bridgehead atoms. The Bertz CT molecular complexity index is 406. The van der Waals surface area contributed by atoms with Crippen LogP contribution in [0.3, 0.4) is 0 Å². The average molecular weight is 262 g/mol. The lowest BCUT2D eigenvalue weighted by Crippen LogP contribution is -2.32. The van der Waals surface area contributed by atoms with Crippen LogP contribution in [0.25, 0.3) is 0 Å². The van der Waals surface area contributed by atoms with Gasteiger partial charge in [0.25, 0.3) is 0 Å². The van der Waals surface area contributed by atoms with Crippen molar-refractivity contribution in [1.82, 2.24) is 9.97 Å². The van der Waals surface area contributed by atoms with Crippen molar-refractivity contribution in [2.45, 2.75) is 58.9 Å². The molecule has 1 aliphatic carbocycles. The molecule has 0 aromatic carbocycles. The minimum Gasteiger partial charge on any atom is -0.373 e. The summed E-state index contributed by atoms with van der Waals surface area (Å²) in [5, 5.41) is 6.70. The van der Waals surface area contributed by atoms with Crippen LogP contribution in [0.15, 0.2) is 6.07 Å². The van der Waals surface area contributed by atoms with E-state index in [2.05, 4.69) is 41.4 Å². The SMILES string of the molecule is CCc1nc(NC)cc(NC2CCCC(C)(C)C2)n1. The van der Waals surface area contributed by atoms with Crippen molar-refractivity contribution < 1.29 is 0 Å². The van der Waals surface area contributed by atoms with Crippen molar-refractivity contribution in [3.63, 3.8) is 0 Å². The largest absolute Gasteiger partial charge is 0.373 e. The first kappa shape index (κ1) is 14.1. The van der Waals surface area contributed by atoms with E-state index in [1.807, 2.05) is 13.1 Å². The number of nitrogens with one attached hydrogen (secondary N) is 2. The second-order valence-corrected chi connectivity index (χ2v) is 6.26. The maximum atomic E-state index is 4.58. The number of rotatable bonds is 4. The fourth-order valence-electron chi connectivity index (χ4n) is 2.89. The Kier molecular flexibility index (Phi) is 4.27. The van der Waals surface area contributed by atoms with E-state index in [9.17, 15) is 0 Å². The predicted octanol–water partition coefficient (Wildman–Crippen LogP) is 3.46. The average Bonchev–Trinajstić information content (AvgIpc) is 2.37. The van der Waals surface area contributed by atoms with Crippen molar-refractivity contribution in [2.24, 2.45) is 5.41 Å². The topological polar surface area (TPSA) is 49.8 Å². The number of aromatic nitrogens is 2. The molecule has 1 aromatic heterocycles. The Morgan fingerprint density at radius 3 is 2.68 bits per heavy atom. The fraction of sp³-hybridized carbons (Fsp3) is 0.733. The van der Waals surface area contributed by atoms with E-state index in [4.69, 9.17) is 0 Å². The summed E-state index contributed by atoms with van der Waals surface area (Å²) in [7, 11) is 1.90. The Morgan fingerprint density at radius 2 is 2.05 bits per heavy atom. The molecule has 1 aromatic rings. The fourth-order valence-corrected chi connectivity index (χ4v) is 2.89. The lowest BCUT2D eigenvalue weighted by atomic mass is 9.75. The third kappa shape index (κ3) is 3.82. The van der Waals surface area contributed by atoms with Gasteiger partial charge in [0.05, 0.1) is 0 Å². The van der Waals surface area contributed by atoms with Crippen LogP contribution in [0.5, 0.6) is 0 Å². The lowest BCUT2D eigenvalue weighted by molar-refractivity contribution is 0.229. The molecule has 4 nitrogen and oxygen atoms in total. The third-order valence-electron chi connectivity index (χ3n) is 3.90. The van der Waals surface area contributed by atoms with Gasteiger partial charge in [-0.3, -0.25) is 0 Å². The van der Waals surface area contributed by atoms with Crippen LogP contribution < -0.4 is 10.6 Å². The number of anilines is 2. The van der Waals surface area contributed by atoms with Gasteiger partial charge in [0.1, 0.15) is 17.5 Å². The van der Waals surface area contributed by atoms with Crippen molar-refractivity contribution in [2.75, 3.05) is 17.7 Å². The zero-order valence-electron chi connectivity index (χ0n) is 12.6. The maximum Gasteiger partial charge on any atom is 0.132 e. The summed E-state index contributed by atoms with van der Waals surface area (Å²) in [4.78, 5) is 9.01. The van der Waals surface area contributed by atoms with Crippen LogP contribution in [-0.4, -0.2) is 23.1 Å². The first-order valence-electron chi connectivity index (χ1n) is 7.34. The molecule has 4 heteroatoms. The summed E-state index contributed by atoms with van der Waals surface area (Å²) in [6.07, 6.45) is 5.95. The minimum atomic E-state index is 0.447. The maximum absolute atomic E-state index is 4.58. The molecule has 0 amide bonds. The first-order valence-corrected chi connectivity index (χ1v) is 7.34. The summed E-state index contributed by atoms with van der Waals surface area (Å²) in [5.74, 6) is 2.74. The zero-order valence-corrected chi connectivity index (χ0v) is 12.6. The molecule has 1 saturated carbocycles. The van der Waals surface area contributed by atoms with E-state index in [1.54, 1.807) is 0 Å². The van der Waals surface area contributed by atoms with Gasteiger partial charge in [-0.05, 0) is 24.7 Å². The second-order valence-electron chi connectivity index (χ2n) is 6.26. The van der Waals surface area contributed by atoms with Crippen LogP contribution in [0.1, 0.15) is 52.3 Å². The number of hydrogen-bond donors (Lipinski definition) is 2. The van der Waals surface area contributed by atoms with Crippen LogP contribution in [0, 0.1) is 5.41 Å². The molecular formula is C15H26N4. The summed E-state index contributed by atoms with van der Waals surface area (Å²) < 4.78 is 0. The highest BCUT2D eigenvalue weighted by Gasteiger charge is 2.28. The van der Waals surface area contributed by atoms with Crippen LogP contribution >= 0.6 is 0 Å². The number of hydrogen-bond acceptors (Lipinski definition) is 4. The first-order chi connectivity index (χ1) is 9.02. The van der Waals surface area contributed by atoms with E-state index >= 15 is 0 Å². The molecule has 0 radical (unpaired) electrons. The van der Waals surface area contributed by atoms with Gasteiger partial charge in [0.2, 0.25) is 0 Å². The molecule has 19 heavy (non-hydrogen) atoms. The summed E-state index contributed by atoms with van der Waals surface area (Å²) in [6.45, 7) is 6.80. The van der Waals surface area contributed by atoms with Crippen LogP contribution in [-0.2, 0) is 6.42 Å². The van der Waals surface area contributed by atoms with Crippen LogP contribution in [0.4, 0.5) is 11.6 Å². The van der Waals surface area contributed by atoms with Gasteiger partial charge < -0.3 is 10.6 Å². The van der Waals surface area contributed by atoms with Crippen molar-refractivity contribution >= 4 is 11.6 Å². The van der Waals surface area contributed by atoms with Gasteiger partial charge in [-0.25, -0.2) is 9.97 Å². The van der Waals surface area contributed by atoms with E-state index in [0.717, 1.165) is 23.9 Å². The monoisotopic (exact) mass is 262 g/mol. The standard InChI is InChI=1S/C15H26N4/c1-5-12-18-13(16-4)9-14(19-12)17-11-7-6-8-15(2,3)10-11/h9,11H,5-8,10H2,1-4H3,(H2,16,17,18,19). The minimum absolute atomic E-state index is 0.447. The highest BCUT2D eigenvalue weighted by molar-refractivity contribution is 5.47. The molecule has 2 N–H and O–H groups in total. The molecule has 0 spiro atoms. The van der Waals surface area contributed by atoms with Crippen molar-refractivity contribution in [1.29, 1.82) is 0 Å². The van der Waals surface area contributed by atoms with Crippen molar-refractivity contribution in [3.8, 4) is 0 Å². The van der Waals surface area contributed by atoms with E-state index in [-0.39, 0.29) is 0 Å². The molecule has 1 atom stereocenters. The predicted molar refractivity (Wildman–Crippen MR) is 80.6 cm³/mol. The highest BCUT2D eigenvalue weighted by Crippen LogP contribution is 2.36. The van der Waals surface area contributed by atoms with Crippen molar-refractivity contribution in [3.05, 3.63) is 11.9 Å². The molecule has 0 saturated heterocycles. The molecule has 2 rings (SSSR count). The van der Waals surface area contributed by atoms with Gasteiger partial charge in [0, 0.05) is 25.6 Å². The quantitative estimate of drug-likeness (QED) is 0.872. The third-order valence-corrected chi connectivity index (χ3v) is 3.90. The Labute approximate surface area is 116 Å². The summed E-state index contributed by atoms with van der Waals surface area (Å²) >= 11 is 0. The molecule has 106 valence electrons. The van der Waals surface area contributed by atoms with Gasteiger partial charge in [-0.2, -0.15) is 0 Å². The Balaban J connectivity index is 2.09. The number of aryl methyl sites for hydroxylation is 1. The number of nitrogens with zero attached hydrogens (tertiary/aromatic N) is 2. The Morgan fingerprint density at radius 1 is 1.32 bits per heavy atom. The van der Waals surface area contributed by atoms with Gasteiger partial charge in [-0.15, -0.1) is 0 Å². The van der Waals surface area contributed by atoms with Gasteiger partial charge >= 0.3 is 0 Å². The summed E-state index contributed by atoms with van der Waals surface area (Å²) in [6, 6.07) is 2.54. The zero-order chi connectivity index (χ0) is 13.9. The smallest absolute Gasteiger partial charge is 0.132 e. The molecule has 1 aliphatic rings. The second kappa shape index (κ2) is 5.76. The molecule has 1 unspecified atom stereocenters. The molecule has 1 fully saturated rings. The summed E-state index contributed by atoms with van der Waals surface area (Å²) in [5.41, 5.74) is 0.447. The van der Waals surface area contributed by atoms with E-state index in [0.29, 0.717) is 11.5 Å². The van der Waals surface area contributed by atoms with E-state index < -0.39 is 0 Å². The lowest BCUT2D eigenvalue weighted by Gasteiger charge is -2.35. The molecular weight excluding hydrogens is 236 g/mol. The normalized spacial score (nSPS) is 22.0. The van der Waals surface area contributed by atoms with Crippen LogP contribution in [0.2, 0.25) is 0 Å². The Hall–Kier alpha value is -1.32. The molecule has 1 heterocycles. The van der Waals surface area contributed by atoms with Gasteiger partial charge in [0.15, 0.2) is 0 Å². The van der Waals surface area contributed by atoms with E-state index in [1.165, 1.54) is 25.7 Å². The highest BCUT2D eigenvalue weighted by atomic mass is 15.1. The van der Waals surface area contributed by atoms with Gasteiger partial charge in [-0.1, -0.05) is 27.2 Å².